The zero-order valence-electron chi connectivity index (χ0n) is 14.2. The van der Waals surface area contributed by atoms with Crippen LogP contribution in [0.2, 0.25) is 0 Å². The fraction of sp³-hybridized carbons (Fsp3) is 0.444. The maximum absolute atomic E-state index is 12.1. The number of hydrogen-bond acceptors (Lipinski definition) is 6. The van der Waals surface area contributed by atoms with Crippen LogP contribution in [-0.2, 0) is 11.2 Å². The second-order valence-electron chi connectivity index (χ2n) is 6.33. The van der Waals surface area contributed by atoms with Crippen molar-refractivity contribution >= 4 is 23.5 Å². The lowest BCUT2D eigenvalue weighted by atomic mass is 9.95. The van der Waals surface area contributed by atoms with E-state index in [0.29, 0.717) is 30.7 Å². The van der Waals surface area contributed by atoms with E-state index in [-0.39, 0.29) is 11.9 Å². The van der Waals surface area contributed by atoms with E-state index >= 15 is 0 Å². The second-order valence-corrected chi connectivity index (χ2v) is 6.33. The monoisotopic (exact) mass is 340 g/mol. The third-order valence-corrected chi connectivity index (χ3v) is 4.27. The summed E-state index contributed by atoms with van der Waals surface area (Å²) < 4.78 is 0. The van der Waals surface area contributed by atoms with Crippen LogP contribution in [0, 0.1) is 0 Å². The molecule has 1 amide bonds. The molecule has 0 unspecified atom stereocenters. The van der Waals surface area contributed by atoms with Gasteiger partial charge in [-0.3, -0.25) is 4.79 Å². The number of hydrogen-bond donors (Lipinski definition) is 3. The summed E-state index contributed by atoms with van der Waals surface area (Å²) in [6.45, 7) is 0. The molecule has 1 aliphatic carbocycles. The standard InChI is InChI=1S/C18H24N6O/c19-17-22-15(11-12-16(25)20-13-7-3-1-4-8-13)23-18(24-17)21-14-9-5-2-6-10-14/h2,5-6,9-10,13H,1,3-4,7-8,11-12H2,(H,20,25)(H3,19,21,22,23,24). The molecule has 1 fully saturated rings. The second kappa shape index (κ2) is 8.41. The number of nitrogens with two attached hydrogens (primary N) is 1. The molecule has 1 heterocycles. The summed E-state index contributed by atoms with van der Waals surface area (Å²) in [6.07, 6.45) is 6.62. The minimum absolute atomic E-state index is 0.0449. The molecule has 1 aromatic heterocycles. The highest BCUT2D eigenvalue weighted by atomic mass is 16.1. The number of nitrogens with zero attached hydrogens (tertiary/aromatic N) is 3. The molecule has 0 saturated heterocycles. The number of benzene rings is 1. The maximum Gasteiger partial charge on any atom is 0.232 e. The van der Waals surface area contributed by atoms with Gasteiger partial charge in [0.05, 0.1) is 0 Å². The van der Waals surface area contributed by atoms with Crippen LogP contribution in [0.1, 0.15) is 44.3 Å². The molecule has 1 aromatic carbocycles. The normalized spacial score (nSPS) is 14.9. The minimum atomic E-state index is 0.0449. The van der Waals surface area contributed by atoms with Gasteiger partial charge in [0.2, 0.25) is 17.8 Å². The number of rotatable bonds is 6. The van der Waals surface area contributed by atoms with Crippen molar-refractivity contribution < 1.29 is 4.79 Å². The molecule has 0 bridgehead atoms. The van der Waals surface area contributed by atoms with E-state index in [2.05, 4.69) is 25.6 Å². The number of aromatic nitrogens is 3. The average Bonchev–Trinajstić information content (AvgIpc) is 2.61. The van der Waals surface area contributed by atoms with Crippen LogP contribution in [-0.4, -0.2) is 26.9 Å². The average molecular weight is 340 g/mol. The Morgan fingerprint density at radius 1 is 1.08 bits per heavy atom. The zero-order valence-corrected chi connectivity index (χ0v) is 14.2. The smallest absolute Gasteiger partial charge is 0.232 e. The van der Waals surface area contributed by atoms with Crippen molar-refractivity contribution in [1.29, 1.82) is 0 Å². The predicted octanol–water partition coefficient (Wildman–Crippen LogP) is 2.58. The topological polar surface area (TPSA) is 106 Å². The summed E-state index contributed by atoms with van der Waals surface area (Å²) in [6, 6.07) is 9.92. The van der Waals surface area contributed by atoms with Crippen LogP contribution < -0.4 is 16.4 Å². The molecular weight excluding hydrogens is 316 g/mol. The van der Waals surface area contributed by atoms with E-state index in [4.69, 9.17) is 5.73 Å². The Bertz CT molecular complexity index is 700. The first kappa shape index (κ1) is 17.1. The Hall–Kier alpha value is -2.70. The number of aryl methyl sites for hydroxylation is 1. The van der Waals surface area contributed by atoms with Crippen molar-refractivity contribution in [3.63, 3.8) is 0 Å². The van der Waals surface area contributed by atoms with E-state index in [9.17, 15) is 4.79 Å². The van der Waals surface area contributed by atoms with Crippen molar-refractivity contribution in [2.24, 2.45) is 0 Å². The highest BCUT2D eigenvalue weighted by Crippen LogP contribution is 2.17. The molecule has 132 valence electrons. The summed E-state index contributed by atoms with van der Waals surface area (Å²) in [7, 11) is 0. The van der Waals surface area contributed by atoms with Crippen LogP contribution in [0.3, 0.4) is 0 Å². The number of carbonyl (C=O) groups is 1. The van der Waals surface area contributed by atoms with E-state index in [1.165, 1.54) is 19.3 Å². The van der Waals surface area contributed by atoms with Crippen molar-refractivity contribution in [2.75, 3.05) is 11.1 Å². The van der Waals surface area contributed by atoms with Gasteiger partial charge in [0.25, 0.3) is 0 Å². The maximum atomic E-state index is 12.1. The lowest BCUT2D eigenvalue weighted by Gasteiger charge is -2.22. The molecule has 0 aliphatic heterocycles. The van der Waals surface area contributed by atoms with Gasteiger partial charge in [-0.05, 0) is 25.0 Å². The van der Waals surface area contributed by atoms with Gasteiger partial charge >= 0.3 is 0 Å². The molecule has 3 rings (SSSR count). The zero-order chi connectivity index (χ0) is 17.5. The van der Waals surface area contributed by atoms with Crippen LogP contribution >= 0.6 is 0 Å². The highest BCUT2D eigenvalue weighted by Gasteiger charge is 2.16. The fourth-order valence-electron chi connectivity index (χ4n) is 3.03. The number of carbonyl (C=O) groups excluding carboxylic acids is 1. The summed E-state index contributed by atoms with van der Waals surface area (Å²) in [5, 5.41) is 6.20. The van der Waals surface area contributed by atoms with Crippen LogP contribution in [0.5, 0.6) is 0 Å². The van der Waals surface area contributed by atoms with Crippen LogP contribution in [0.15, 0.2) is 30.3 Å². The molecule has 1 saturated carbocycles. The number of nitrogens with one attached hydrogen (secondary N) is 2. The van der Waals surface area contributed by atoms with Gasteiger partial charge in [-0.1, -0.05) is 37.5 Å². The molecule has 0 atom stereocenters. The first-order chi connectivity index (χ1) is 12.2. The fourth-order valence-corrected chi connectivity index (χ4v) is 3.03. The number of para-hydroxylation sites is 1. The quantitative estimate of drug-likeness (QED) is 0.746. The number of amides is 1. The Balaban J connectivity index is 1.55. The first-order valence-electron chi connectivity index (χ1n) is 8.81. The van der Waals surface area contributed by atoms with E-state index in [1.807, 2.05) is 30.3 Å². The third kappa shape index (κ3) is 5.41. The summed E-state index contributed by atoms with van der Waals surface area (Å²) in [4.78, 5) is 24.7. The first-order valence-corrected chi connectivity index (χ1v) is 8.81. The lowest BCUT2D eigenvalue weighted by Crippen LogP contribution is -2.36. The van der Waals surface area contributed by atoms with Gasteiger partial charge in [-0.25, -0.2) is 0 Å². The largest absolute Gasteiger partial charge is 0.368 e. The summed E-state index contributed by atoms with van der Waals surface area (Å²) in [5.41, 5.74) is 6.64. The van der Waals surface area contributed by atoms with Gasteiger partial charge < -0.3 is 16.4 Å². The van der Waals surface area contributed by atoms with E-state index < -0.39 is 0 Å². The van der Waals surface area contributed by atoms with Crippen LogP contribution in [0.4, 0.5) is 17.6 Å². The SMILES string of the molecule is Nc1nc(CCC(=O)NC2CCCCC2)nc(Nc2ccccc2)n1. The van der Waals surface area contributed by atoms with Crippen molar-refractivity contribution in [1.82, 2.24) is 20.3 Å². The number of nitrogen functional groups attached to an aromatic ring is 1. The Morgan fingerprint density at radius 3 is 2.60 bits per heavy atom. The van der Waals surface area contributed by atoms with Gasteiger partial charge in [0.1, 0.15) is 5.82 Å². The molecule has 1 aliphatic rings. The molecule has 2 aromatic rings. The molecule has 4 N–H and O–H groups in total. The van der Waals surface area contributed by atoms with Gasteiger partial charge in [-0.2, -0.15) is 15.0 Å². The van der Waals surface area contributed by atoms with Gasteiger partial charge in [0.15, 0.2) is 0 Å². The molecule has 0 spiro atoms. The van der Waals surface area contributed by atoms with Gasteiger partial charge in [-0.15, -0.1) is 0 Å². The van der Waals surface area contributed by atoms with Crippen LogP contribution in [0.25, 0.3) is 0 Å². The van der Waals surface area contributed by atoms with Gasteiger partial charge in [0, 0.05) is 24.6 Å². The van der Waals surface area contributed by atoms with E-state index in [0.717, 1.165) is 18.5 Å². The van der Waals surface area contributed by atoms with Crippen molar-refractivity contribution in [2.45, 2.75) is 51.0 Å². The van der Waals surface area contributed by atoms with Crippen molar-refractivity contribution in [3.05, 3.63) is 36.2 Å². The Morgan fingerprint density at radius 2 is 1.84 bits per heavy atom. The molecule has 25 heavy (non-hydrogen) atoms. The minimum Gasteiger partial charge on any atom is -0.368 e. The number of anilines is 3. The molecule has 0 radical (unpaired) electrons. The predicted molar refractivity (Wildman–Crippen MR) is 97.3 cm³/mol. The summed E-state index contributed by atoms with van der Waals surface area (Å²) in [5.74, 6) is 1.10. The summed E-state index contributed by atoms with van der Waals surface area (Å²) >= 11 is 0. The lowest BCUT2D eigenvalue weighted by molar-refractivity contribution is -0.122. The Labute approximate surface area is 147 Å². The molecular formula is C18H24N6O. The highest BCUT2D eigenvalue weighted by molar-refractivity contribution is 5.76. The Kier molecular flexibility index (Phi) is 5.77. The molecule has 7 nitrogen and oxygen atoms in total. The third-order valence-electron chi connectivity index (χ3n) is 4.27. The van der Waals surface area contributed by atoms with E-state index in [1.54, 1.807) is 0 Å². The van der Waals surface area contributed by atoms with Crippen molar-refractivity contribution in [3.8, 4) is 0 Å². The molecule has 7 heteroatoms.